The Morgan fingerprint density at radius 2 is 2.14 bits per heavy atom. The summed E-state index contributed by atoms with van der Waals surface area (Å²) in [6, 6.07) is 8.62. The number of nitrogens with zero attached hydrogens (tertiary/aromatic N) is 3. The topological polar surface area (TPSA) is 77.2 Å². The first kappa shape index (κ1) is 13.1. The Hall–Kier alpha value is -2.89. The Balaban J connectivity index is 1.99. The highest BCUT2D eigenvalue weighted by atomic mass is 16.5. The summed E-state index contributed by atoms with van der Waals surface area (Å²) in [4.78, 5) is 19.4. The summed E-state index contributed by atoms with van der Waals surface area (Å²) in [6.45, 7) is 0.568. The lowest BCUT2D eigenvalue weighted by molar-refractivity contribution is 0.0697. The van der Waals surface area contributed by atoms with Gasteiger partial charge >= 0.3 is 5.97 Å². The van der Waals surface area contributed by atoms with Crippen molar-refractivity contribution in [2.45, 2.75) is 6.54 Å². The van der Waals surface area contributed by atoms with Crippen molar-refractivity contribution >= 4 is 17.0 Å². The van der Waals surface area contributed by atoms with Gasteiger partial charge in [0.15, 0.2) is 0 Å². The quantitative estimate of drug-likeness (QED) is 0.794. The van der Waals surface area contributed by atoms with E-state index in [0.29, 0.717) is 12.4 Å². The molecule has 6 nitrogen and oxygen atoms in total. The zero-order valence-corrected chi connectivity index (χ0v) is 11.4. The summed E-state index contributed by atoms with van der Waals surface area (Å²) in [5, 5.41) is 9.08. The molecule has 0 radical (unpaired) electrons. The van der Waals surface area contributed by atoms with Crippen LogP contribution in [0.4, 0.5) is 0 Å². The molecule has 0 aliphatic rings. The van der Waals surface area contributed by atoms with Crippen molar-refractivity contribution in [2.24, 2.45) is 0 Å². The van der Waals surface area contributed by atoms with Crippen LogP contribution in [0.25, 0.3) is 11.0 Å². The Morgan fingerprint density at radius 1 is 1.29 bits per heavy atom. The number of hydrogen-bond acceptors (Lipinski definition) is 4. The highest BCUT2D eigenvalue weighted by Crippen LogP contribution is 2.18. The summed E-state index contributed by atoms with van der Waals surface area (Å²) in [5.41, 5.74) is 2.80. The Bertz CT molecular complexity index is 811. The van der Waals surface area contributed by atoms with Crippen molar-refractivity contribution in [3.8, 4) is 5.88 Å². The number of fused-ring (bicyclic) bond motifs is 1. The lowest BCUT2D eigenvalue weighted by Crippen LogP contribution is -2.01. The molecule has 0 spiro atoms. The monoisotopic (exact) mass is 283 g/mol. The molecule has 3 aromatic rings. The highest BCUT2D eigenvalue weighted by Gasteiger charge is 2.08. The standard InChI is InChI=1S/C15H13N3O3/c1-21-14-6-10(4-5-16-14)8-18-9-17-12-3-2-11(15(19)20)7-13(12)18/h2-7,9H,8H2,1H3,(H,19,20). The van der Waals surface area contributed by atoms with Crippen LogP contribution in [0.5, 0.6) is 5.88 Å². The zero-order valence-electron chi connectivity index (χ0n) is 11.4. The molecule has 2 heterocycles. The first-order chi connectivity index (χ1) is 10.2. The third-order valence-corrected chi connectivity index (χ3v) is 3.23. The lowest BCUT2D eigenvalue weighted by Gasteiger charge is -2.06. The first-order valence-electron chi connectivity index (χ1n) is 6.34. The predicted octanol–water partition coefficient (Wildman–Crippen LogP) is 2.19. The summed E-state index contributed by atoms with van der Waals surface area (Å²) >= 11 is 0. The maximum absolute atomic E-state index is 11.1. The number of benzene rings is 1. The Labute approximate surface area is 120 Å². The van der Waals surface area contributed by atoms with E-state index in [1.807, 2.05) is 16.7 Å². The minimum Gasteiger partial charge on any atom is -0.481 e. The van der Waals surface area contributed by atoms with E-state index in [1.165, 1.54) is 0 Å². The van der Waals surface area contributed by atoms with E-state index in [1.54, 1.807) is 37.8 Å². The molecule has 2 aromatic heterocycles. The number of aromatic nitrogens is 3. The number of carboxylic acid groups (broad SMARTS) is 1. The second-order valence-electron chi connectivity index (χ2n) is 4.59. The smallest absolute Gasteiger partial charge is 0.335 e. The fraction of sp³-hybridized carbons (Fsp3) is 0.133. The van der Waals surface area contributed by atoms with Gasteiger partial charge < -0.3 is 14.4 Å². The molecule has 0 amide bonds. The summed E-state index contributed by atoms with van der Waals surface area (Å²) in [6.07, 6.45) is 3.37. The van der Waals surface area contributed by atoms with Crippen LogP contribution in [0, 0.1) is 0 Å². The molecule has 0 saturated carbocycles. The molecule has 1 N–H and O–H groups in total. The van der Waals surface area contributed by atoms with Crippen LogP contribution in [0.2, 0.25) is 0 Å². The summed E-state index contributed by atoms with van der Waals surface area (Å²) < 4.78 is 7.00. The van der Waals surface area contributed by atoms with Gasteiger partial charge in [-0.1, -0.05) is 0 Å². The van der Waals surface area contributed by atoms with Crippen molar-refractivity contribution < 1.29 is 14.6 Å². The van der Waals surface area contributed by atoms with E-state index in [0.717, 1.165) is 16.6 Å². The molecule has 0 unspecified atom stereocenters. The normalized spacial score (nSPS) is 10.7. The van der Waals surface area contributed by atoms with Gasteiger partial charge in [0.1, 0.15) is 0 Å². The number of carboxylic acids is 1. The number of aromatic carboxylic acids is 1. The number of rotatable bonds is 4. The number of methoxy groups -OCH3 is 1. The molecule has 6 heteroatoms. The molecule has 0 aliphatic carbocycles. The Kier molecular flexibility index (Phi) is 3.27. The molecule has 0 aliphatic heterocycles. The third kappa shape index (κ3) is 2.55. The van der Waals surface area contributed by atoms with Gasteiger partial charge in [0.2, 0.25) is 5.88 Å². The van der Waals surface area contributed by atoms with Crippen molar-refractivity contribution in [1.29, 1.82) is 0 Å². The summed E-state index contributed by atoms with van der Waals surface area (Å²) in [5.74, 6) is -0.404. The molecule has 0 saturated heterocycles. The van der Waals surface area contributed by atoms with Crippen LogP contribution in [0.15, 0.2) is 42.9 Å². The highest BCUT2D eigenvalue weighted by molar-refractivity contribution is 5.92. The molecule has 0 fully saturated rings. The van der Waals surface area contributed by atoms with Crippen molar-refractivity contribution in [3.05, 3.63) is 54.0 Å². The summed E-state index contributed by atoms with van der Waals surface area (Å²) in [7, 11) is 1.57. The lowest BCUT2D eigenvalue weighted by atomic mass is 10.2. The van der Waals surface area contributed by atoms with E-state index in [2.05, 4.69) is 9.97 Å². The number of carbonyl (C=O) groups is 1. The van der Waals surface area contributed by atoms with Crippen molar-refractivity contribution in [2.75, 3.05) is 7.11 Å². The van der Waals surface area contributed by atoms with Crippen LogP contribution in [-0.4, -0.2) is 32.7 Å². The van der Waals surface area contributed by atoms with E-state index in [-0.39, 0.29) is 5.56 Å². The van der Waals surface area contributed by atoms with Gasteiger partial charge in [0.25, 0.3) is 0 Å². The van der Waals surface area contributed by atoms with Gasteiger partial charge in [-0.15, -0.1) is 0 Å². The van der Waals surface area contributed by atoms with Gasteiger partial charge in [-0.05, 0) is 29.8 Å². The average Bonchev–Trinajstić information content (AvgIpc) is 2.90. The van der Waals surface area contributed by atoms with Gasteiger partial charge in [0.05, 0.1) is 30.0 Å². The molecule has 0 atom stereocenters. The molecule has 0 bridgehead atoms. The van der Waals surface area contributed by atoms with Gasteiger partial charge in [-0.2, -0.15) is 0 Å². The van der Waals surface area contributed by atoms with E-state index >= 15 is 0 Å². The van der Waals surface area contributed by atoms with Crippen LogP contribution in [-0.2, 0) is 6.54 Å². The predicted molar refractivity (Wildman–Crippen MR) is 76.6 cm³/mol. The van der Waals surface area contributed by atoms with Crippen LogP contribution in [0.3, 0.4) is 0 Å². The maximum Gasteiger partial charge on any atom is 0.335 e. The molecule has 21 heavy (non-hydrogen) atoms. The fourth-order valence-electron chi connectivity index (χ4n) is 2.17. The second-order valence-corrected chi connectivity index (χ2v) is 4.59. The first-order valence-corrected chi connectivity index (χ1v) is 6.34. The van der Waals surface area contributed by atoms with Crippen LogP contribution >= 0.6 is 0 Å². The average molecular weight is 283 g/mol. The Morgan fingerprint density at radius 3 is 2.90 bits per heavy atom. The second kappa shape index (κ2) is 5.24. The zero-order chi connectivity index (χ0) is 14.8. The van der Waals surface area contributed by atoms with Crippen LogP contribution < -0.4 is 4.74 Å². The van der Waals surface area contributed by atoms with E-state index in [4.69, 9.17) is 9.84 Å². The van der Waals surface area contributed by atoms with E-state index < -0.39 is 5.97 Å². The minimum atomic E-state index is -0.949. The molecule has 1 aromatic carbocycles. The number of imidazole rings is 1. The molecule has 3 rings (SSSR count). The molecule has 106 valence electrons. The minimum absolute atomic E-state index is 0.247. The van der Waals surface area contributed by atoms with Gasteiger partial charge in [-0.25, -0.2) is 14.8 Å². The van der Waals surface area contributed by atoms with Crippen LogP contribution in [0.1, 0.15) is 15.9 Å². The number of hydrogen-bond donors (Lipinski definition) is 1. The van der Waals surface area contributed by atoms with E-state index in [9.17, 15) is 4.79 Å². The molecular weight excluding hydrogens is 270 g/mol. The third-order valence-electron chi connectivity index (χ3n) is 3.23. The number of pyridine rings is 1. The van der Waals surface area contributed by atoms with Gasteiger partial charge in [-0.3, -0.25) is 0 Å². The molecular formula is C15H13N3O3. The largest absolute Gasteiger partial charge is 0.481 e. The fourth-order valence-corrected chi connectivity index (χ4v) is 2.17. The maximum atomic E-state index is 11.1. The number of ether oxygens (including phenoxy) is 1. The SMILES string of the molecule is COc1cc(Cn2cnc3ccc(C(=O)O)cc32)ccn1. The van der Waals surface area contributed by atoms with Crippen molar-refractivity contribution in [1.82, 2.24) is 14.5 Å². The van der Waals surface area contributed by atoms with Gasteiger partial charge in [0, 0.05) is 18.8 Å². The van der Waals surface area contributed by atoms with Crippen molar-refractivity contribution in [3.63, 3.8) is 0 Å².